The third-order valence-electron chi connectivity index (χ3n) is 0.754. The molecule has 58 valence electrons. The van der Waals surface area contributed by atoms with E-state index in [-0.39, 0.29) is 5.95 Å². The van der Waals surface area contributed by atoms with Crippen molar-refractivity contribution in [1.29, 1.82) is 0 Å². The summed E-state index contributed by atoms with van der Waals surface area (Å²) in [7, 11) is 0. The van der Waals surface area contributed by atoms with E-state index in [0.717, 1.165) is 4.79 Å². The Balaban J connectivity index is 2.79. The van der Waals surface area contributed by atoms with Crippen LogP contribution < -0.4 is 5.73 Å². The van der Waals surface area contributed by atoms with Gasteiger partial charge in [0.15, 0.2) is 0 Å². The Kier molecular flexibility index (Phi) is 1.77. The van der Waals surface area contributed by atoms with Crippen molar-refractivity contribution >= 4 is 18.1 Å². The highest BCUT2D eigenvalue weighted by Gasteiger charge is 1.96. The third kappa shape index (κ3) is 1.71. The predicted octanol–water partition coefficient (Wildman–Crippen LogP) is -1.83. The molecule has 0 aliphatic rings. The Labute approximate surface area is 60.3 Å². The first-order chi connectivity index (χ1) is 5.20. The number of aliphatic carboxylic acids is 1. The van der Waals surface area contributed by atoms with E-state index in [1.165, 1.54) is 0 Å². The van der Waals surface area contributed by atoms with Crippen LogP contribution >= 0.6 is 0 Å². The van der Waals surface area contributed by atoms with Crippen LogP contribution in [0.1, 0.15) is 0 Å². The zero-order chi connectivity index (χ0) is 8.27. The zero-order valence-electron chi connectivity index (χ0n) is 5.25. The van der Waals surface area contributed by atoms with Gasteiger partial charge in [-0.2, -0.15) is 0 Å². The molecule has 0 spiro atoms. The summed E-state index contributed by atoms with van der Waals surface area (Å²) in [5.74, 6) is -1.26. The van der Waals surface area contributed by atoms with E-state index in [1.54, 1.807) is 0 Å². The second kappa shape index (κ2) is 2.73. The monoisotopic (exact) mass is 156 g/mol. The second-order valence-corrected chi connectivity index (χ2v) is 1.51. The zero-order valence-corrected chi connectivity index (χ0v) is 5.25. The van der Waals surface area contributed by atoms with Crippen LogP contribution in [0.3, 0.4) is 0 Å². The minimum absolute atomic E-state index is 0.0671. The Morgan fingerprint density at radius 1 is 1.82 bits per heavy atom. The van der Waals surface area contributed by atoms with E-state index >= 15 is 0 Å². The fraction of sp³-hybridized carbons (Fsp3) is 0. The molecule has 0 fully saturated rings. The molecule has 0 bridgehead atoms. The number of aromatic nitrogens is 4. The highest BCUT2D eigenvalue weighted by molar-refractivity contribution is 6.21. The minimum atomic E-state index is -1.19. The molecule has 0 aliphatic carbocycles. The number of anilines is 1. The van der Waals surface area contributed by atoms with Crippen molar-refractivity contribution in [3.05, 3.63) is 0 Å². The fourth-order valence-electron chi connectivity index (χ4n) is 0.376. The number of carboxylic acid groups (broad SMARTS) is 1. The van der Waals surface area contributed by atoms with Crippen LogP contribution in [0.25, 0.3) is 0 Å². The molecule has 3 N–H and O–H groups in total. The lowest BCUT2D eigenvalue weighted by Gasteiger charge is -1.86. The van der Waals surface area contributed by atoms with Gasteiger partial charge in [0.2, 0.25) is 0 Å². The molecule has 1 aromatic rings. The topological polar surface area (TPSA) is 119 Å². The highest BCUT2D eigenvalue weighted by atomic mass is 16.4. The number of carboxylic acids is 1. The molecule has 1 rings (SSSR count). The average Bonchev–Trinajstić information content (AvgIpc) is 2.31. The van der Waals surface area contributed by atoms with Crippen LogP contribution in [0.2, 0.25) is 0 Å². The molecule has 8 heteroatoms. The van der Waals surface area contributed by atoms with Crippen LogP contribution in [0.15, 0.2) is 5.10 Å². The molecule has 1 heterocycles. The standard InChI is InChI=1S/C3H4N6O2/c4-3-6-7-8-9(3)5-1-2(10)11/h1H,(H,10,11)(H2,4,6,8)/b5-1+. The van der Waals surface area contributed by atoms with E-state index in [0.29, 0.717) is 6.21 Å². The lowest BCUT2D eigenvalue weighted by molar-refractivity contribution is -0.128. The van der Waals surface area contributed by atoms with E-state index in [2.05, 4.69) is 20.6 Å². The quantitative estimate of drug-likeness (QED) is 0.486. The SMILES string of the molecule is Nc1nnnn1/N=C/C(=O)O. The largest absolute Gasteiger partial charge is 0.477 e. The van der Waals surface area contributed by atoms with Gasteiger partial charge in [0.25, 0.3) is 5.95 Å². The van der Waals surface area contributed by atoms with Crippen molar-refractivity contribution in [3.8, 4) is 0 Å². The van der Waals surface area contributed by atoms with Crippen molar-refractivity contribution < 1.29 is 9.90 Å². The second-order valence-electron chi connectivity index (χ2n) is 1.51. The van der Waals surface area contributed by atoms with E-state index < -0.39 is 5.97 Å². The van der Waals surface area contributed by atoms with Gasteiger partial charge in [-0.25, -0.2) is 4.79 Å². The van der Waals surface area contributed by atoms with Crippen molar-refractivity contribution in [2.45, 2.75) is 0 Å². The maximum Gasteiger partial charge on any atom is 0.348 e. The molecular weight excluding hydrogens is 152 g/mol. The molecule has 11 heavy (non-hydrogen) atoms. The Hall–Kier alpha value is -1.99. The lowest BCUT2D eigenvalue weighted by Crippen LogP contribution is -2.03. The molecule has 0 unspecified atom stereocenters. The first-order valence-corrected chi connectivity index (χ1v) is 2.51. The van der Waals surface area contributed by atoms with Gasteiger partial charge in [0.05, 0.1) is 0 Å². The van der Waals surface area contributed by atoms with Gasteiger partial charge in [-0.15, -0.1) is 5.10 Å². The van der Waals surface area contributed by atoms with E-state index in [4.69, 9.17) is 10.8 Å². The molecule has 0 aromatic carbocycles. The van der Waals surface area contributed by atoms with Gasteiger partial charge in [-0.1, -0.05) is 9.89 Å². The summed E-state index contributed by atoms with van der Waals surface area (Å²) in [6.45, 7) is 0. The maximum absolute atomic E-state index is 9.93. The molecule has 0 saturated carbocycles. The van der Waals surface area contributed by atoms with E-state index in [9.17, 15) is 4.79 Å². The molecule has 0 amide bonds. The first kappa shape index (κ1) is 7.12. The van der Waals surface area contributed by atoms with Crippen LogP contribution in [-0.4, -0.2) is 37.6 Å². The minimum Gasteiger partial charge on any atom is -0.477 e. The van der Waals surface area contributed by atoms with Gasteiger partial charge in [0.1, 0.15) is 6.21 Å². The van der Waals surface area contributed by atoms with Gasteiger partial charge < -0.3 is 10.8 Å². The van der Waals surface area contributed by atoms with Crippen LogP contribution in [0.5, 0.6) is 0 Å². The van der Waals surface area contributed by atoms with Crippen LogP contribution in [-0.2, 0) is 4.79 Å². The summed E-state index contributed by atoms with van der Waals surface area (Å²) in [5.41, 5.74) is 5.15. The predicted molar refractivity (Wildman–Crippen MR) is 33.8 cm³/mol. The third-order valence-corrected chi connectivity index (χ3v) is 0.754. The molecule has 0 saturated heterocycles. The summed E-state index contributed by atoms with van der Waals surface area (Å²) >= 11 is 0. The normalized spacial score (nSPS) is 10.5. The fourth-order valence-corrected chi connectivity index (χ4v) is 0.376. The number of nitrogens with two attached hydrogens (primary N) is 1. The Bertz CT molecular complexity index is 290. The summed E-state index contributed by atoms with van der Waals surface area (Å²) in [6.07, 6.45) is 0.632. The first-order valence-electron chi connectivity index (χ1n) is 2.51. The molecule has 0 radical (unpaired) electrons. The smallest absolute Gasteiger partial charge is 0.348 e. The summed E-state index contributed by atoms with van der Waals surface area (Å²) in [6, 6.07) is 0. The number of carbonyl (C=O) groups is 1. The van der Waals surface area contributed by atoms with Crippen molar-refractivity contribution in [3.63, 3.8) is 0 Å². The molecular formula is C3H4N6O2. The number of nitrogen functional groups attached to an aromatic ring is 1. The number of rotatable bonds is 2. The van der Waals surface area contributed by atoms with Gasteiger partial charge in [-0.3, -0.25) is 0 Å². The van der Waals surface area contributed by atoms with Gasteiger partial charge >= 0.3 is 5.97 Å². The Morgan fingerprint density at radius 3 is 3.00 bits per heavy atom. The molecule has 1 aromatic heterocycles. The van der Waals surface area contributed by atoms with Crippen molar-refractivity contribution in [2.24, 2.45) is 5.10 Å². The van der Waals surface area contributed by atoms with Gasteiger partial charge in [-0.05, 0) is 10.4 Å². The summed E-state index contributed by atoms with van der Waals surface area (Å²) < 4.78 is 0. The summed E-state index contributed by atoms with van der Waals surface area (Å²) in [4.78, 5) is 10.7. The van der Waals surface area contributed by atoms with Crippen molar-refractivity contribution in [1.82, 2.24) is 20.3 Å². The number of hydrogen-bond acceptors (Lipinski definition) is 6. The molecule has 8 nitrogen and oxygen atoms in total. The lowest BCUT2D eigenvalue weighted by atomic mass is 10.8. The number of nitrogens with zero attached hydrogens (tertiary/aromatic N) is 5. The maximum atomic E-state index is 9.93. The van der Waals surface area contributed by atoms with Crippen LogP contribution in [0, 0.1) is 0 Å². The van der Waals surface area contributed by atoms with E-state index in [1.807, 2.05) is 0 Å². The average molecular weight is 156 g/mol. The number of tetrazole rings is 1. The number of hydrogen-bond donors (Lipinski definition) is 2. The van der Waals surface area contributed by atoms with Crippen LogP contribution in [0.4, 0.5) is 5.95 Å². The molecule has 0 aliphatic heterocycles. The Morgan fingerprint density at radius 2 is 2.55 bits per heavy atom. The highest BCUT2D eigenvalue weighted by Crippen LogP contribution is 1.88. The van der Waals surface area contributed by atoms with Gasteiger partial charge in [0, 0.05) is 0 Å². The summed E-state index contributed by atoms with van der Waals surface area (Å²) in [5, 5.41) is 21.1. The molecule has 0 atom stereocenters. The van der Waals surface area contributed by atoms with Crippen molar-refractivity contribution in [2.75, 3.05) is 5.73 Å².